The molecule has 1 aliphatic rings. The number of carboxylic acids is 1. The van der Waals surface area contributed by atoms with Crippen LogP contribution in [0.25, 0.3) is 11.1 Å². The summed E-state index contributed by atoms with van der Waals surface area (Å²) in [5, 5.41) is 19.8. The van der Waals surface area contributed by atoms with Crippen LogP contribution in [0.5, 0.6) is 0 Å². The Labute approximate surface area is 167 Å². The van der Waals surface area contributed by atoms with Crippen molar-refractivity contribution in [2.75, 3.05) is 6.61 Å². The van der Waals surface area contributed by atoms with Gasteiger partial charge in [0.25, 0.3) is 0 Å². The van der Waals surface area contributed by atoms with E-state index < -0.39 is 12.1 Å². The summed E-state index contributed by atoms with van der Waals surface area (Å²) >= 11 is 0. The third-order valence-electron chi connectivity index (χ3n) is 5.66. The third-order valence-corrected chi connectivity index (χ3v) is 5.66. The van der Waals surface area contributed by atoms with Gasteiger partial charge in [0.2, 0.25) is 0 Å². The van der Waals surface area contributed by atoms with Gasteiger partial charge in [-0.05, 0) is 53.6 Å². The average molecular weight is 383 g/mol. The number of aryl methyl sites for hydroxylation is 1. The molecule has 150 valence electrons. The fraction of sp³-hybridized carbons (Fsp3) is 0.458. The molecule has 0 spiro atoms. The van der Waals surface area contributed by atoms with Gasteiger partial charge in [-0.2, -0.15) is 0 Å². The highest BCUT2D eigenvalue weighted by atomic mass is 16.5. The van der Waals surface area contributed by atoms with E-state index >= 15 is 0 Å². The molecule has 4 heteroatoms. The van der Waals surface area contributed by atoms with Crippen LogP contribution in [0.3, 0.4) is 0 Å². The van der Waals surface area contributed by atoms with Crippen molar-refractivity contribution in [3.8, 4) is 11.1 Å². The molecule has 1 atom stereocenters. The second kappa shape index (κ2) is 9.85. The first-order valence-corrected chi connectivity index (χ1v) is 10.2. The maximum absolute atomic E-state index is 11.6. The zero-order valence-corrected chi connectivity index (χ0v) is 16.6. The number of benzene rings is 2. The van der Waals surface area contributed by atoms with Gasteiger partial charge in [-0.3, -0.25) is 0 Å². The van der Waals surface area contributed by atoms with Gasteiger partial charge in [0, 0.05) is 0 Å². The van der Waals surface area contributed by atoms with Crippen molar-refractivity contribution < 1.29 is 19.7 Å². The first-order chi connectivity index (χ1) is 13.5. The molecule has 1 saturated carbocycles. The highest BCUT2D eigenvalue weighted by Gasteiger charge is 2.18. The molecule has 1 unspecified atom stereocenters. The van der Waals surface area contributed by atoms with Crippen LogP contribution in [-0.2, 0) is 11.3 Å². The van der Waals surface area contributed by atoms with Crippen molar-refractivity contribution >= 4 is 5.97 Å². The lowest BCUT2D eigenvalue weighted by Gasteiger charge is -2.24. The molecule has 0 bridgehead atoms. The Balaban J connectivity index is 1.63. The lowest BCUT2D eigenvalue weighted by molar-refractivity contribution is 0.0137. The summed E-state index contributed by atoms with van der Waals surface area (Å²) in [4.78, 5) is 11.6. The first-order valence-electron chi connectivity index (χ1n) is 10.2. The number of aliphatic hydroxyl groups excluding tert-OH is 1. The van der Waals surface area contributed by atoms with Crippen molar-refractivity contribution in [3.63, 3.8) is 0 Å². The number of aliphatic hydroxyl groups is 1. The fourth-order valence-corrected chi connectivity index (χ4v) is 4.15. The Morgan fingerprint density at radius 2 is 1.86 bits per heavy atom. The smallest absolute Gasteiger partial charge is 0.336 e. The molecule has 3 rings (SSSR count). The molecule has 0 heterocycles. The molecule has 28 heavy (non-hydrogen) atoms. The molecule has 0 radical (unpaired) electrons. The van der Waals surface area contributed by atoms with E-state index in [-0.39, 0.29) is 5.56 Å². The van der Waals surface area contributed by atoms with E-state index in [0.717, 1.165) is 23.1 Å². The number of carboxylic acid groups (broad SMARTS) is 1. The van der Waals surface area contributed by atoms with Crippen molar-refractivity contribution in [1.82, 2.24) is 0 Å². The monoisotopic (exact) mass is 382 g/mol. The summed E-state index contributed by atoms with van der Waals surface area (Å²) in [5.41, 5.74) is 3.85. The first kappa shape index (κ1) is 20.6. The van der Waals surface area contributed by atoms with Crippen molar-refractivity contribution in [3.05, 3.63) is 59.2 Å². The van der Waals surface area contributed by atoms with Gasteiger partial charge < -0.3 is 14.9 Å². The molecule has 0 aliphatic heterocycles. The minimum Gasteiger partial charge on any atom is -0.478 e. The molecule has 0 amide bonds. The third kappa shape index (κ3) is 5.43. The second-order valence-electron chi connectivity index (χ2n) is 7.91. The number of hydrogen-bond donors (Lipinski definition) is 2. The van der Waals surface area contributed by atoms with Crippen LogP contribution >= 0.6 is 0 Å². The van der Waals surface area contributed by atoms with Crippen LogP contribution in [0.15, 0.2) is 42.5 Å². The van der Waals surface area contributed by atoms with Crippen LogP contribution in [0.2, 0.25) is 0 Å². The van der Waals surface area contributed by atoms with Gasteiger partial charge in [0.1, 0.15) is 0 Å². The van der Waals surface area contributed by atoms with E-state index in [9.17, 15) is 15.0 Å². The maximum Gasteiger partial charge on any atom is 0.336 e. The summed E-state index contributed by atoms with van der Waals surface area (Å²) in [6.07, 6.45) is 6.68. The molecule has 1 aliphatic carbocycles. The Morgan fingerprint density at radius 1 is 1.11 bits per heavy atom. The second-order valence-corrected chi connectivity index (χ2v) is 7.91. The predicted octanol–water partition coefficient (Wildman–Crippen LogP) is 5.21. The molecule has 0 aromatic heterocycles. The number of carbonyl (C=O) groups is 1. The van der Waals surface area contributed by atoms with Gasteiger partial charge in [-0.25, -0.2) is 4.79 Å². The Morgan fingerprint density at radius 3 is 2.57 bits per heavy atom. The topological polar surface area (TPSA) is 66.8 Å². The van der Waals surface area contributed by atoms with Crippen LogP contribution in [0.4, 0.5) is 0 Å². The molecule has 2 aromatic rings. The van der Waals surface area contributed by atoms with E-state index in [2.05, 4.69) is 0 Å². The van der Waals surface area contributed by atoms with Crippen molar-refractivity contribution in [2.24, 2.45) is 5.92 Å². The maximum atomic E-state index is 11.6. The summed E-state index contributed by atoms with van der Waals surface area (Å²) in [6, 6.07) is 13.1. The highest BCUT2D eigenvalue weighted by molar-refractivity contribution is 5.96. The lowest BCUT2D eigenvalue weighted by atomic mass is 9.85. The normalized spacial score (nSPS) is 16.1. The van der Waals surface area contributed by atoms with Crippen molar-refractivity contribution in [1.29, 1.82) is 0 Å². The van der Waals surface area contributed by atoms with Gasteiger partial charge in [0.15, 0.2) is 0 Å². The number of ether oxygens (including phenoxy) is 1. The van der Waals surface area contributed by atoms with Crippen molar-refractivity contribution in [2.45, 2.75) is 58.2 Å². The number of hydrogen-bond acceptors (Lipinski definition) is 3. The Hall–Kier alpha value is -2.17. The Kier molecular flexibility index (Phi) is 7.24. The van der Waals surface area contributed by atoms with Gasteiger partial charge >= 0.3 is 5.97 Å². The standard InChI is InChI=1S/C24H30O4/c1-17-7-5-6-10-21(17)23-14-19(11-12-22(23)24(26)27)15-28-16-20(25)13-18-8-3-2-4-9-18/h5-7,10-12,14,18,20,25H,2-4,8-9,13,15-16H2,1H3,(H,26,27). The number of aromatic carboxylic acids is 1. The highest BCUT2D eigenvalue weighted by Crippen LogP contribution is 2.29. The Bertz CT molecular complexity index is 793. The summed E-state index contributed by atoms with van der Waals surface area (Å²) in [7, 11) is 0. The average Bonchev–Trinajstić information content (AvgIpc) is 2.69. The molecular formula is C24H30O4. The van der Waals surface area contributed by atoms with Gasteiger partial charge in [-0.1, -0.05) is 62.4 Å². The van der Waals surface area contributed by atoms with Gasteiger partial charge in [0.05, 0.1) is 24.9 Å². The van der Waals surface area contributed by atoms with E-state index in [1.54, 1.807) is 12.1 Å². The molecule has 2 N–H and O–H groups in total. The zero-order chi connectivity index (χ0) is 19.9. The SMILES string of the molecule is Cc1ccccc1-c1cc(COCC(O)CC2CCCCC2)ccc1C(=O)O. The van der Waals surface area contributed by atoms with Crippen LogP contribution in [0, 0.1) is 12.8 Å². The predicted molar refractivity (Wildman–Crippen MR) is 110 cm³/mol. The summed E-state index contributed by atoms with van der Waals surface area (Å²) in [6.45, 7) is 2.66. The van der Waals surface area contributed by atoms with E-state index in [1.807, 2.05) is 37.3 Å². The fourth-order valence-electron chi connectivity index (χ4n) is 4.15. The number of rotatable bonds is 8. The van der Waals surface area contributed by atoms with E-state index in [0.29, 0.717) is 24.7 Å². The van der Waals surface area contributed by atoms with E-state index in [1.165, 1.54) is 32.1 Å². The van der Waals surface area contributed by atoms with Crippen LogP contribution < -0.4 is 0 Å². The largest absolute Gasteiger partial charge is 0.478 e. The van der Waals surface area contributed by atoms with E-state index in [4.69, 9.17) is 4.74 Å². The molecule has 4 nitrogen and oxygen atoms in total. The summed E-state index contributed by atoms with van der Waals surface area (Å²) < 4.78 is 5.75. The van der Waals surface area contributed by atoms with Gasteiger partial charge in [-0.15, -0.1) is 0 Å². The molecule has 2 aromatic carbocycles. The molecular weight excluding hydrogens is 352 g/mol. The lowest BCUT2D eigenvalue weighted by Crippen LogP contribution is -2.21. The minimum atomic E-state index is -0.936. The van der Waals surface area contributed by atoms with Crippen LogP contribution in [0.1, 0.15) is 60.0 Å². The van der Waals surface area contributed by atoms with Crippen LogP contribution in [-0.4, -0.2) is 28.9 Å². The zero-order valence-electron chi connectivity index (χ0n) is 16.6. The summed E-state index contributed by atoms with van der Waals surface area (Å²) in [5.74, 6) is -0.316. The molecule has 0 saturated heterocycles. The minimum absolute atomic E-state index is 0.287. The molecule has 1 fully saturated rings. The quantitative estimate of drug-likeness (QED) is 0.658.